The quantitative estimate of drug-likeness (QED) is 0.818. The van der Waals surface area contributed by atoms with E-state index < -0.39 is 10.7 Å². The molecule has 2 heterocycles. The molecule has 2 aromatic rings. The zero-order valence-electron chi connectivity index (χ0n) is 15.2. The first-order valence-corrected chi connectivity index (χ1v) is 10.1. The number of halogens is 2. The summed E-state index contributed by atoms with van der Waals surface area (Å²) < 4.78 is 20.5. The van der Waals surface area contributed by atoms with Crippen molar-refractivity contribution in [2.75, 3.05) is 13.2 Å². The van der Waals surface area contributed by atoms with Crippen molar-refractivity contribution in [3.05, 3.63) is 64.4 Å². The largest absolute Gasteiger partial charge is 0.493 e. The molecule has 2 N–H and O–H groups in total. The Morgan fingerprint density at radius 1 is 1.43 bits per heavy atom. The lowest BCUT2D eigenvalue weighted by atomic mass is 9.86. The number of nitrogens with zero attached hydrogens (tertiary/aromatic N) is 2. The molecule has 0 saturated heterocycles. The number of benzene rings is 2. The monoisotopic (exact) mass is 419 g/mol. The highest BCUT2D eigenvalue weighted by Gasteiger charge is 2.56. The van der Waals surface area contributed by atoms with Crippen molar-refractivity contribution < 1.29 is 13.9 Å². The van der Waals surface area contributed by atoms with Crippen LogP contribution < -0.4 is 10.5 Å². The van der Waals surface area contributed by atoms with E-state index in [-0.39, 0.29) is 17.4 Å². The zero-order valence-corrected chi connectivity index (χ0v) is 16.8. The molecule has 2 aromatic carbocycles. The molecule has 2 aliphatic heterocycles. The van der Waals surface area contributed by atoms with E-state index in [1.807, 2.05) is 24.3 Å². The number of amides is 1. The Labute approximate surface area is 171 Å². The molecule has 0 aliphatic carbocycles. The summed E-state index contributed by atoms with van der Waals surface area (Å²) in [4.78, 5) is 11.8. The van der Waals surface area contributed by atoms with Gasteiger partial charge in [-0.05, 0) is 37.2 Å². The minimum Gasteiger partial charge on any atom is -0.493 e. The lowest BCUT2D eigenvalue weighted by Crippen LogP contribution is -2.51. The number of fused-ring (bicyclic) bond motifs is 2. The Balaban J connectivity index is 1.89. The van der Waals surface area contributed by atoms with Gasteiger partial charge in [-0.3, -0.25) is 4.79 Å². The molecule has 28 heavy (non-hydrogen) atoms. The van der Waals surface area contributed by atoms with Crippen LogP contribution in [0, 0.1) is 11.7 Å². The topological polar surface area (TPSA) is 67.9 Å². The van der Waals surface area contributed by atoms with E-state index >= 15 is 0 Å². The van der Waals surface area contributed by atoms with Crippen LogP contribution in [-0.4, -0.2) is 29.1 Å². The number of para-hydroxylation sites is 1. The second-order valence-electron chi connectivity index (χ2n) is 6.74. The van der Waals surface area contributed by atoms with Crippen molar-refractivity contribution in [2.24, 2.45) is 16.8 Å². The first-order chi connectivity index (χ1) is 13.5. The van der Waals surface area contributed by atoms with E-state index in [9.17, 15) is 9.18 Å². The number of carbonyl (C=O) groups excluding carboxylic acids is 1. The van der Waals surface area contributed by atoms with Crippen LogP contribution in [0.5, 0.6) is 5.75 Å². The van der Waals surface area contributed by atoms with Gasteiger partial charge in [0.1, 0.15) is 16.6 Å². The van der Waals surface area contributed by atoms with Crippen molar-refractivity contribution in [3.8, 4) is 5.75 Å². The van der Waals surface area contributed by atoms with Crippen molar-refractivity contribution >= 4 is 34.3 Å². The highest BCUT2D eigenvalue weighted by atomic mass is 35.5. The molecule has 0 unspecified atom stereocenters. The van der Waals surface area contributed by atoms with Crippen LogP contribution in [0.4, 0.5) is 4.39 Å². The van der Waals surface area contributed by atoms with Crippen molar-refractivity contribution in [3.63, 3.8) is 0 Å². The van der Waals surface area contributed by atoms with E-state index in [4.69, 9.17) is 22.1 Å². The van der Waals surface area contributed by atoms with E-state index in [1.54, 1.807) is 0 Å². The summed E-state index contributed by atoms with van der Waals surface area (Å²) in [7, 11) is 0. The first-order valence-electron chi connectivity index (χ1n) is 8.93. The number of carbonyl (C=O) groups is 1. The summed E-state index contributed by atoms with van der Waals surface area (Å²) in [6, 6.07) is 11.9. The second kappa shape index (κ2) is 7.39. The molecule has 1 spiro atoms. The third-order valence-corrected chi connectivity index (χ3v) is 6.76. The van der Waals surface area contributed by atoms with Crippen molar-refractivity contribution in [1.82, 2.24) is 5.01 Å². The average Bonchev–Trinajstić information content (AvgIpc) is 3.08. The Kier molecular flexibility index (Phi) is 5.07. The summed E-state index contributed by atoms with van der Waals surface area (Å²) in [5, 5.41) is 6.80. The fraction of sp³-hybridized carbons (Fsp3) is 0.300. The molecule has 0 radical (unpaired) electrons. The highest BCUT2D eigenvalue weighted by Crippen LogP contribution is 2.57. The molecule has 8 heteroatoms. The molecule has 5 nitrogen and oxygen atoms in total. The van der Waals surface area contributed by atoms with E-state index in [0.717, 1.165) is 5.56 Å². The summed E-state index contributed by atoms with van der Waals surface area (Å²) in [5.41, 5.74) is 6.97. The van der Waals surface area contributed by atoms with Gasteiger partial charge in [0.15, 0.2) is 4.87 Å². The number of hydrogen-bond acceptors (Lipinski definition) is 5. The predicted molar refractivity (Wildman–Crippen MR) is 109 cm³/mol. The average molecular weight is 420 g/mol. The van der Waals surface area contributed by atoms with Gasteiger partial charge in [-0.2, -0.15) is 5.10 Å². The fourth-order valence-corrected chi connectivity index (χ4v) is 5.51. The summed E-state index contributed by atoms with van der Waals surface area (Å²) in [5.74, 6) is -0.0853. The Morgan fingerprint density at radius 3 is 2.96 bits per heavy atom. The van der Waals surface area contributed by atoms with Crippen LogP contribution in [0.25, 0.3) is 0 Å². The van der Waals surface area contributed by atoms with Gasteiger partial charge in [-0.1, -0.05) is 41.6 Å². The van der Waals surface area contributed by atoms with Gasteiger partial charge < -0.3 is 10.5 Å². The summed E-state index contributed by atoms with van der Waals surface area (Å²) >= 11 is 7.44. The molecule has 0 saturated carbocycles. The first kappa shape index (κ1) is 19.2. The number of hydrogen-bond donors (Lipinski definition) is 1. The van der Waals surface area contributed by atoms with Crippen LogP contribution in [0.15, 0.2) is 47.6 Å². The van der Waals surface area contributed by atoms with Gasteiger partial charge in [0, 0.05) is 29.0 Å². The fourth-order valence-electron chi connectivity index (χ4n) is 3.77. The van der Waals surface area contributed by atoms with Crippen LogP contribution in [0.2, 0.25) is 5.02 Å². The molecule has 146 valence electrons. The summed E-state index contributed by atoms with van der Waals surface area (Å²) in [6.45, 7) is 2.29. The van der Waals surface area contributed by atoms with Crippen molar-refractivity contribution in [1.29, 1.82) is 0 Å². The molecule has 0 aromatic heterocycles. The number of nitrogens with two attached hydrogens (primary N) is 1. The molecule has 0 fully saturated rings. The van der Waals surface area contributed by atoms with Gasteiger partial charge in [0.05, 0.1) is 6.61 Å². The van der Waals surface area contributed by atoms with E-state index in [2.05, 4.69) is 5.10 Å². The van der Waals surface area contributed by atoms with E-state index in [1.165, 1.54) is 41.9 Å². The van der Waals surface area contributed by atoms with Crippen LogP contribution >= 0.6 is 23.4 Å². The van der Waals surface area contributed by atoms with Gasteiger partial charge in [0.25, 0.3) is 0 Å². The third kappa shape index (κ3) is 2.98. The smallest absolute Gasteiger partial charge is 0.241 e. The SMILES string of the molecule is CC(=O)N1N=C(c2cc(Cl)ccc2F)S[C@@]12c1ccccc1OC[C@@H]2CCN. The van der Waals surface area contributed by atoms with E-state index in [0.29, 0.717) is 35.4 Å². The maximum absolute atomic E-state index is 14.5. The van der Waals surface area contributed by atoms with Crippen LogP contribution in [0.1, 0.15) is 24.5 Å². The van der Waals surface area contributed by atoms with Crippen molar-refractivity contribution in [2.45, 2.75) is 18.2 Å². The van der Waals surface area contributed by atoms with Gasteiger partial charge in [-0.25, -0.2) is 9.40 Å². The third-order valence-electron chi connectivity index (χ3n) is 5.00. The molecular formula is C20H19ClFN3O2S. The zero-order chi connectivity index (χ0) is 19.9. The predicted octanol–water partition coefficient (Wildman–Crippen LogP) is 3.95. The number of ether oxygens (including phenoxy) is 1. The van der Waals surface area contributed by atoms with Gasteiger partial charge in [-0.15, -0.1) is 0 Å². The lowest BCUT2D eigenvalue weighted by Gasteiger charge is -2.45. The highest BCUT2D eigenvalue weighted by molar-refractivity contribution is 8.15. The second-order valence-corrected chi connectivity index (χ2v) is 8.39. The van der Waals surface area contributed by atoms with Gasteiger partial charge >= 0.3 is 0 Å². The Bertz CT molecular complexity index is 970. The molecular weight excluding hydrogens is 401 g/mol. The molecule has 0 bridgehead atoms. The molecule has 1 amide bonds. The number of hydrazone groups is 1. The normalized spacial score (nSPS) is 23.4. The Morgan fingerprint density at radius 2 is 2.21 bits per heavy atom. The maximum Gasteiger partial charge on any atom is 0.241 e. The van der Waals surface area contributed by atoms with Crippen LogP contribution in [0.3, 0.4) is 0 Å². The maximum atomic E-state index is 14.5. The van der Waals surface area contributed by atoms with Crippen LogP contribution in [-0.2, 0) is 9.67 Å². The minimum atomic E-state index is -0.843. The molecule has 2 aliphatic rings. The Hall–Kier alpha value is -2.09. The lowest BCUT2D eigenvalue weighted by molar-refractivity contribution is -0.134. The van der Waals surface area contributed by atoms with Gasteiger partial charge in [0.2, 0.25) is 5.91 Å². The minimum absolute atomic E-state index is 0.107. The number of rotatable bonds is 3. The molecule has 4 rings (SSSR count). The number of thioether (sulfide) groups is 1. The standard InChI is InChI=1S/C20H19ClFN3O2S/c1-12(26)25-20(28-19(24-25)15-10-14(21)6-7-17(15)22)13(8-9-23)11-27-18-5-3-2-4-16(18)20/h2-7,10,13H,8-9,11,23H2,1H3/t13-,20-/m0/s1. The summed E-state index contributed by atoms with van der Waals surface area (Å²) in [6.07, 6.45) is 0.631. The molecule has 2 atom stereocenters.